The molecule has 4 aromatic rings. The van der Waals surface area contributed by atoms with Crippen LogP contribution >= 0.6 is 0 Å². The van der Waals surface area contributed by atoms with Crippen LogP contribution < -0.4 is 5.56 Å². The van der Waals surface area contributed by atoms with E-state index in [9.17, 15) is 14.9 Å². The van der Waals surface area contributed by atoms with Crippen molar-refractivity contribution in [3.05, 3.63) is 63.9 Å². The Morgan fingerprint density at radius 2 is 1.89 bits per heavy atom. The van der Waals surface area contributed by atoms with E-state index in [1.54, 1.807) is 35.8 Å². The molecule has 27 heavy (non-hydrogen) atoms. The van der Waals surface area contributed by atoms with E-state index in [0.717, 1.165) is 11.1 Å². The highest BCUT2D eigenvalue weighted by atomic mass is 16.5. The molecule has 0 bridgehead atoms. The summed E-state index contributed by atoms with van der Waals surface area (Å²) in [6.07, 6.45) is 0. The molecule has 0 spiro atoms. The Hall–Kier alpha value is -3.59. The van der Waals surface area contributed by atoms with Crippen LogP contribution in [0, 0.1) is 18.3 Å². The zero-order valence-corrected chi connectivity index (χ0v) is 15.0. The summed E-state index contributed by atoms with van der Waals surface area (Å²) in [6.45, 7) is 3.91. The summed E-state index contributed by atoms with van der Waals surface area (Å²) < 4.78 is 8.51. The molecule has 0 N–H and O–H groups in total. The van der Waals surface area contributed by atoms with E-state index in [2.05, 4.69) is 6.07 Å². The van der Waals surface area contributed by atoms with Crippen LogP contribution in [0.5, 0.6) is 0 Å². The monoisotopic (exact) mass is 359 g/mol. The van der Waals surface area contributed by atoms with Crippen molar-refractivity contribution in [3.63, 3.8) is 0 Å². The van der Waals surface area contributed by atoms with E-state index in [4.69, 9.17) is 4.74 Å². The first-order chi connectivity index (χ1) is 13.1. The SMILES string of the molecule is CCOC(=O)c1c2ccccc2c(=O)n2c3ccc(C)cc3n(CC#N)c12. The maximum absolute atomic E-state index is 13.3. The molecule has 2 aromatic heterocycles. The van der Waals surface area contributed by atoms with Crippen LogP contribution in [0.4, 0.5) is 0 Å². The number of aromatic nitrogens is 2. The lowest BCUT2D eigenvalue weighted by atomic mass is 10.1. The number of carbonyl (C=O) groups excluding carboxylic acids is 1. The van der Waals surface area contributed by atoms with Gasteiger partial charge in [0.25, 0.3) is 5.56 Å². The lowest BCUT2D eigenvalue weighted by Gasteiger charge is -2.10. The van der Waals surface area contributed by atoms with E-state index in [1.807, 2.05) is 25.1 Å². The quantitative estimate of drug-likeness (QED) is 0.525. The number of fused-ring (bicyclic) bond motifs is 4. The average Bonchev–Trinajstić information content (AvgIpc) is 2.96. The van der Waals surface area contributed by atoms with Crippen molar-refractivity contribution in [2.75, 3.05) is 6.61 Å². The van der Waals surface area contributed by atoms with Crippen molar-refractivity contribution in [2.24, 2.45) is 0 Å². The third-order valence-corrected chi connectivity index (χ3v) is 4.69. The number of carbonyl (C=O) groups is 1. The molecular weight excluding hydrogens is 342 g/mol. The van der Waals surface area contributed by atoms with Crippen LogP contribution in [-0.2, 0) is 11.3 Å². The minimum Gasteiger partial charge on any atom is -0.462 e. The molecule has 2 heterocycles. The number of imidazole rings is 1. The number of esters is 1. The Morgan fingerprint density at radius 1 is 1.15 bits per heavy atom. The number of rotatable bonds is 3. The van der Waals surface area contributed by atoms with E-state index in [0.29, 0.717) is 27.5 Å². The number of hydrogen-bond donors (Lipinski definition) is 0. The van der Waals surface area contributed by atoms with Crippen molar-refractivity contribution in [1.29, 1.82) is 5.26 Å². The van der Waals surface area contributed by atoms with Crippen LogP contribution in [-0.4, -0.2) is 21.5 Å². The van der Waals surface area contributed by atoms with E-state index in [1.165, 1.54) is 4.40 Å². The summed E-state index contributed by atoms with van der Waals surface area (Å²) >= 11 is 0. The van der Waals surface area contributed by atoms with Crippen LogP contribution in [0.25, 0.3) is 27.5 Å². The van der Waals surface area contributed by atoms with Crippen molar-refractivity contribution in [3.8, 4) is 6.07 Å². The van der Waals surface area contributed by atoms with Crippen LogP contribution in [0.3, 0.4) is 0 Å². The third-order valence-electron chi connectivity index (χ3n) is 4.69. The Kier molecular flexibility index (Phi) is 3.93. The fourth-order valence-electron chi connectivity index (χ4n) is 3.60. The van der Waals surface area contributed by atoms with E-state index < -0.39 is 5.97 Å². The van der Waals surface area contributed by atoms with Gasteiger partial charge in [-0.15, -0.1) is 0 Å². The molecule has 0 fully saturated rings. The van der Waals surface area contributed by atoms with Gasteiger partial charge in [-0.25, -0.2) is 4.79 Å². The third kappa shape index (κ3) is 2.40. The molecule has 0 atom stereocenters. The molecule has 0 saturated carbocycles. The normalized spacial score (nSPS) is 11.1. The standard InChI is InChI=1S/C21H17N3O3/c1-3-27-21(26)18-14-6-4-5-7-15(14)20(25)24-16-9-8-13(2)12-17(16)23(11-10-22)19(18)24/h4-9,12H,3,11H2,1-2H3. The first kappa shape index (κ1) is 16.9. The summed E-state index contributed by atoms with van der Waals surface area (Å²) in [6, 6.07) is 14.8. The number of benzene rings is 2. The zero-order valence-electron chi connectivity index (χ0n) is 15.0. The predicted octanol–water partition coefficient (Wildman–Crippen LogP) is 3.42. The molecule has 0 unspecified atom stereocenters. The fraction of sp³-hybridized carbons (Fsp3) is 0.190. The molecule has 0 aliphatic carbocycles. The van der Waals surface area contributed by atoms with Crippen molar-refractivity contribution in [2.45, 2.75) is 20.4 Å². The molecule has 4 rings (SSSR count). The molecule has 2 aromatic carbocycles. The molecule has 0 radical (unpaired) electrons. The zero-order chi connectivity index (χ0) is 19.1. The minimum atomic E-state index is -0.509. The number of hydrogen-bond acceptors (Lipinski definition) is 4. The van der Waals surface area contributed by atoms with Gasteiger partial charge in [0.15, 0.2) is 0 Å². The summed E-state index contributed by atoms with van der Waals surface area (Å²) in [4.78, 5) is 26.1. The fourth-order valence-corrected chi connectivity index (χ4v) is 3.60. The highest BCUT2D eigenvalue weighted by Gasteiger charge is 2.24. The summed E-state index contributed by atoms with van der Waals surface area (Å²) in [7, 11) is 0. The Morgan fingerprint density at radius 3 is 2.59 bits per heavy atom. The maximum atomic E-state index is 13.3. The smallest absolute Gasteiger partial charge is 0.342 e. The first-order valence-electron chi connectivity index (χ1n) is 8.68. The number of nitriles is 1. The summed E-state index contributed by atoms with van der Waals surface area (Å²) in [5.41, 5.74) is 2.86. The maximum Gasteiger partial charge on any atom is 0.342 e. The van der Waals surface area contributed by atoms with Crippen LogP contribution in [0.2, 0.25) is 0 Å². The van der Waals surface area contributed by atoms with E-state index >= 15 is 0 Å². The van der Waals surface area contributed by atoms with Gasteiger partial charge in [0.1, 0.15) is 17.8 Å². The number of nitrogens with zero attached hydrogens (tertiary/aromatic N) is 3. The number of ether oxygens (including phenoxy) is 1. The largest absolute Gasteiger partial charge is 0.462 e. The lowest BCUT2D eigenvalue weighted by Crippen LogP contribution is -2.19. The molecule has 0 amide bonds. The number of pyridine rings is 1. The summed E-state index contributed by atoms with van der Waals surface area (Å²) in [5.74, 6) is -0.509. The highest BCUT2D eigenvalue weighted by molar-refractivity contribution is 6.11. The second-order valence-corrected chi connectivity index (χ2v) is 6.34. The van der Waals surface area contributed by atoms with Gasteiger partial charge >= 0.3 is 5.97 Å². The van der Waals surface area contributed by atoms with Crippen LogP contribution in [0.15, 0.2) is 47.3 Å². The average molecular weight is 359 g/mol. The minimum absolute atomic E-state index is 0.0145. The predicted molar refractivity (Wildman–Crippen MR) is 103 cm³/mol. The topological polar surface area (TPSA) is 76.5 Å². The molecule has 134 valence electrons. The molecule has 0 aliphatic rings. The molecule has 6 heteroatoms. The van der Waals surface area contributed by atoms with Gasteiger partial charge < -0.3 is 9.30 Å². The van der Waals surface area contributed by atoms with Gasteiger partial charge in [-0.1, -0.05) is 24.3 Å². The first-order valence-corrected chi connectivity index (χ1v) is 8.68. The van der Waals surface area contributed by atoms with Crippen molar-refractivity contribution >= 4 is 33.4 Å². The van der Waals surface area contributed by atoms with Gasteiger partial charge in [0, 0.05) is 10.8 Å². The van der Waals surface area contributed by atoms with E-state index in [-0.39, 0.29) is 18.7 Å². The molecular formula is C21H17N3O3. The molecule has 0 aliphatic heterocycles. The van der Waals surface area contributed by atoms with Crippen LogP contribution in [0.1, 0.15) is 22.8 Å². The van der Waals surface area contributed by atoms with Gasteiger partial charge in [-0.3, -0.25) is 9.20 Å². The Labute approximate surface area is 154 Å². The Bertz CT molecular complexity index is 1320. The highest BCUT2D eigenvalue weighted by Crippen LogP contribution is 2.28. The van der Waals surface area contributed by atoms with Gasteiger partial charge in [-0.2, -0.15) is 5.26 Å². The van der Waals surface area contributed by atoms with Gasteiger partial charge in [-0.05, 0) is 37.6 Å². The molecule has 0 saturated heterocycles. The van der Waals surface area contributed by atoms with Crippen molar-refractivity contribution in [1.82, 2.24) is 8.97 Å². The van der Waals surface area contributed by atoms with Gasteiger partial charge in [0.2, 0.25) is 0 Å². The second-order valence-electron chi connectivity index (χ2n) is 6.34. The second kappa shape index (κ2) is 6.29. The lowest BCUT2D eigenvalue weighted by molar-refractivity contribution is 0.0530. The summed E-state index contributed by atoms with van der Waals surface area (Å²) in [5, 5.41) is 10.3. The van der Waals surface area contributed by atoms with Gasteiger partial charge in [0.05, 0.1) is 23.7 Å². The Balaban J connectivity index is 2.35. The van der Waals surface area contributed by atoms with Crippen molar-refractivity contribution < 1.29 is 9.53 Å². The molecule has 6 nitrogen and oxygen atoms in total. The number of aryl methyl sites for hydroxylation is 1.